The second kappa shape index (κ2) is 8.44. The Morgan fingerprint density at radius 3 is 2.18 bits per heavy atom. The number of hydrogen-bond acceptors (Lipinski definition) is 4. The largest absolute Gasteiger partial charge is 0.320 e. The van der Waals surface area contributed by atoms with E-state index >= 15 is 0 Å². The van der Waals surface area contributed by atoms with E-state index in [2.05, 4.69) is 47.6 Å². The molecule has 180 valence electrons. The molecule has 1 aromatic carbocycles. The lowest BCUT2D eigenvalue weighted by molar-refractivity contribution is -0.0480. The summed E-state index contributed by atoms with van der Waals surface area (Å²) in [7, 11) is 0. The normalized spacial score (nSPS) is 33.9. The molecule has 5 heteroatoms. The maximum Gasteiger partial charge on any atom is 0.153 e. The first kappa shape index (κ1) is 21.6. The Morgan fingerprint density at radius 2 is 1.47 bits per heavy atom. The zero-order valence-corrected chi connectivity index (χ0v) is 21.6. The van der Waals surface area contributed by atoms with Crippen LogP contribution in [-0.4, -0.2) is 37.6 Å². The highest BCUT2D eigenvalue weighted by Crippen LogP contribution is 2.48. The van der Waals surface area contributed by atoms with Crippen molar-refractivity contribution in [1.82, 2.24) is 19.4 Å². The van der Waals surface area contributed by atoms with Gasteiger partial charge in [0, 0.05) is 24.2 Å². The van der Waals surface area contributed by atoms with Crippen molar-refractivity contribution in [3.05, 3.63) is 35.0 Å². The standard InChI is InChI=1S/C29H38N4S/c1-18-28(34-19(2)30-18)29-31-26-11-3-4-12-27(26)33(29)25-16-22-9-6-10-23(17-25)32(22)24-14-20-7-5-8-21(13-20)15-24/h3-4,11-12,20-25H,5-10,13-17H2,1-2H3/t20-,21+,22-,23+,24+,25+. The van der Waals surface area contributed by atoms with Crippen molar-refractivity contribution in [3.63, 3.8) is 0 Å². The second-order valence-corrected chi connectivity index (χ2v) is 13.0. The Hall–Kier alpha value is -1.72. The number of aryl methyl sites for hydroxylation is 2. The van der Waals surface area contributed by atoms with E-state index < -0.39 is 0 Å². The summed E-state index contributed by atoms with van der Waals surface area (Å²) < 4.78 is 2.63. The van der Waals surface area contributed by atoms with E-state index in [0.29, 0.717) is 6.04 Å². The first-order chi connectivity index (χ1) is 16.6. The molecular weight excluding hydrogens is 436 g/mol. The Kier molecular flexibility index (Phi) is 5.35. The molecular formula is C29H38N4S. The van der Waals surface area contributed by atoms with Crippen molar-refractivity contribution in [1.29, 1.82) is 0 Å². The summed E-state index contributed by atoms with van der Waals surface area (Å²) in [6.07, 6.45) is 15.7. The highest BCUT2D eigenvalue weighted by atomic mass is 32.1. The molecule has 0 amide bonds. The fourth-order valence-electron chi connectivity index (χ4n) is 8.45. The molecule has 2 aromatic heterocycles. The molecule has 0 unspecified atom stereocenters. The summed E-state index contributed by atoms with van der Waals surface area (Å²) in [6.45, 7) is 4.27. The quantitative estimate of drug-likeness (QED) is 0.399. The first-order valence-electron chi connectivity index (χ1n) is 13.8. The van der Waals surface area contributed by atoms with Gasteiger partial charge in [0.25, 0.3) is 0 Å². The van der Waals surface area contributed by atoms with Crippen LogP contribution >= 0.6 is 11.3 Å². The molecule has 4 fully saturated rings. The molecule has 4 bridgehead atoms. The van der Waals surface area contributed by atoms with Crippen molar-refractivity contribution >= 4 is 22.4 Å². The van der Waals surface area contributed by atoms with Crippen LogP contribution in [0.4, 0.5) is 0 Å². The molecule has 2 aliphatic heterocycles. The fourth-order valence-corrected chi connectivity index (χ4v) is 9.36. The summed E-state index contributed by atoms with van der Waals surface area (Å²) in [5.74, 6) is 3.18. The Bertz CT molecular complexity index is 1170. The van der Waals surface area contributed by atoms with E-state index in [4.69, 9.17) is 9.97 Å². The van der Waals surface area contributed by atoms with Gasteiger partial charge in [-0.05, 0) is 82.8 Å². The number of thiazole rings is 1. The maximum atomic E-state index is 5.19. The highest BCUT2D eigenvalue weighted by molar-refractivity contribution is 7.15. The predicted molar refractivity (Wildman–Crippen MR) is 140 cm³/mol. The summed E-state index contributed by atoms with van der Waals surface area (Å²) >= 11 is 1.81. The van der Waals surface area contributed by atoms with E-state index in [1.807, 2.05) is 11.3 Å². The Balaban J connectivity index is 1.24. The molecule has 4 aliphatic rings. The van der Waals surface area contributed by atoms with E-state index in [1.54, 1.807) is 0 Å². The number of para-hydroxylation sites is 2. The smallest absolute Gasteiger partial charge is 0.153 e. The highest BCUT2D eigenvalue weighted by Gasteiger charge is 2.45. The number of nitrogens with zero attached hydrogens (tertiary/aromatic N) is 4. The zero-order chi connectivity index (χ0) is 22.8. The predicted octanol–water partition coefficient (Wildman–Crippen LogP) is 7.30. The summed E-state index contributed by atoms with van der Waals surface area (Å²) in [5.41, 5.74) is 3.58. The lowest BCUT2D eigenvalue weighted by atomic mass is 9.68. The summed E-state index contributed by atoms with van der Waals surface area (Å²) in [4.78, 5) is 14.3. The minimum absolute atomic E-state index is 0.541. The minimum atomic E-state index is 0.541. The van der Waals surface area contributed by atoms with E-state index in [-0.39, 0.29) is 0 Å². The third-order valence-corrected chi connectivity index (χ3v) is 10.7. The third kappa shape index (κ3) is 3.57. The maximum absolute atomic E-state index is 5.19. The van der Waals surface area contributed by atoms with Crippen LogP contribution in [0.1, 0.15) is 87.4 Å². The minimum Gasteiger partial charge on any atom is -0.320 e. The molecule has 4 heterocycles. The van der Waals surface area contributed by atoms with Crippen LogP contribution in [0.15, 0.2) is 24.3 Å². The van der Waals surface area contributed by atoms with Gasteiger partial charge in [-0.2, -0.15) is 0 Å². The van der Waals surface area contributed by atoms with Gasteiger partial charge in [0.1, 0.15) is 0 Å². The van der Waals surface area contributed by atoms with Crippen LogP contribution in [0.5, 0.6) is 0 Å². The molecule has 0 radical (unpaired) electrons. The number of imidazole rings is 1. The lowest BCUT2D eigenvalue weighted by Gasteiger charge is -2.55. The van der Waals surface area contributed by atoms with Gasteiger partial charge in [-0.15, -0.1) is 11.3 Å². The Morgan fingerprint density at radius 1 is 0.765 bits per heavy atom. The number of aromatic nitrogens is 3. The van der Waals surface area contributed by atoms with Crippen LogP contribution < -0.4 is 0 Å². The van der Waals surface area contributed by atoms with Gasteiger partial charge in [0.2, 0.25) is 0 Å². The van der Waals surface area contributed by atoms with Crippen LogP contribution in [0.3, 0.4) is 0 Å². The van der Waals surface area contributed by atoms with Gasteiger partial charge in [-0.3, -0.25) is 4.90 Å². The molecule has 6 atom stereocenters. The molecule has 4 nitrogen and oxygen atoms in total. The van der Waals surface area contributed by atoms with Crippen molar-refractivity contribution in [2.45, 2.75) is 109 Å². The molecule has 34 heavy (non-hydrogen) atoms. The van der Waals surface area contributed by atoms with E-state index in [0.717, 1.165) is 52.0 Å². The summed E-state index contributed by atoms with van der Waals surface area (Å²) in [5, 5.41) is 1.14. The average Bonchev–Trinajstić information content (AvgIpc) is 3.36. The molecule has 0 N–H and O–H groups in total. The second-order valence-electron chi connectivity index (χ2n) is 11.8. The van der Waals surface area contributed by atoms with Gasteiger partial charge in [-0.1, -0.05) is 37.8 Å². The van der Waals surface area contributed by atoms with Gasteiger partial charge in [0.05, 0.1) is 26.6 Å². The van der Waals surface area contributed by atoms with Crippen LogP contribution in [0.25, 0.3) is 21.7 Å². The van der Waals surface area contributed by atoms with Crippen molar-refractivity contribution in [2.24, 2.45) is 11.8 Å². The molecule has 7 rings (SSSR count). The number of rotatable bonds is 3. The number of fused-ring (bicyclic) bond motifs is 5. The molecule has 0 spiro atoms. The SMILES string of the molecule is Cc1nc(C)c(-c2nc3ccccc3n2[C@H]2C[C@H]3CCC[C@@H](C2)N3[C@H]2C[C@@H]3CCC[C@@H](C3)C2)s1. The van der Waals surface area contributed by atoms with Crippen LogP contribution in [-0.2, 0) is 0 Å². The van der Waals surface area contributed by atoms with Crippen LogP contribution in [0.2, 0.25) is 0 Å². The third-order valence-electron chi connectivity index (χ3n) is 9.60. The van der Waals surface area contributed by atoms with Crippen LogP contribution in [0, 0.1) is 25.7 Å². The zero-order valence-electron chi connectivity index (χ0n) is 20.7. The topological polar surface area (TPSA) is 34.0 Å². The number of hydrogen-bond donors (Lipinski definition) is 0. The fraction of sp³-hybridized carbons (Fsp3) is 0.655. The van der Waals surface area contributed by atoms with E-state index in [1.165, 1.54) is 81.0 Å². The lowest BCUT2D eigenvalue weighted by Crippen LogP contribution is -2.58. The molecule has 2 aliphatic carbocycles. The number of benzene rings is 1. The monoisotopic (exact) mass is 474 g/mol. The molecule has 2 saturated heterocycles. The number of piperidine rings is 2. The van der Waals surface area contributed by atoms with Crippen molar-refractivity contribution in [3.8, 4) is 10.7 Å². The van der Waals surface area contributed by atoms with Gasteiger partial charge < -0.3 is 4.57 Å². The van der Waals surface area contributed by atoms with Gasteiger partial charge in [-0.25, -0.2) is 9.97 Å². The molecule has 2 saturated carbocycles. The molecule has 3 aromatic rings. The van der Waals surface area contributed by atoms with Gasteiger partial charge in [0.15, 0.2) is 5.82 Å². The average molecular weight is 475 g/mol. The van der Waals surface area contributed by atoms with Gasteiger partial charge >= 0.3 is 0 Å². The van der Waals surface area contributed by atoms with Crippen molar-refractivity contribution < 1.29 is 0 Å². The van der Waals surface area contributed by atoms with Crippen molar-refractivity contribution in [2.75, 3.05) is 0 Å². The summed E-state index contributed by atoms with van der Waals surface area (Å²) in [6, 6.07) is 11.7. The Labute approximate surface area is 207 Å². The van der Waals surface area contributed by atoms with E-state index in [9.17, 15) is 0 Å². The first-order valence-corrected chi connectivity index (χ1v) is 14.6.